The minimum absolute atomic E-state index is 0.206. The maximum atomic E-state index is 11.1. The van der Waals surface area contributed by atoms with Crippen molar-refractivity contribution in [3.63, 3.8) is 0 Å². The number of hydrogen-bond acceptors (Lipinski definition) is 3. The molecule has 2 saturated carbocycles. The van der Waals surface area contributed by atoms with Gasteiger partial charge in [-0.2, -0.15) is 0 Å². The van der Waals surface area contributed by atoms with Crippen LogP contribution in [-0.4, -0.2) is 31.8 Å². The van der Waals surface area contributed by atoms with Gasteiger partial charge < -0.3 is 14.8 Å². The average molecular weight is 272 g/mol. The Balaban J connectivity index is 1.86. The summed E-state index contributed by atoms with van der Waals surface area (Å²) in [6.07, 6.45) is 3.65. The Bertz CT molecular complexity index is 696. The van der Waals surface area contributed by atoms with Gasteiger partial charge in [-0.05, 0) is 43.9 Å². The lowest BCUT2D eigenvalue weighted by Crippen LogP contribution is -2.31. The fourth-order valence-corrected chi connectivity index (χ4v) is 3.03. The number of aromatic carboxylic acids is 1. The Morgan fingerprint density at radius 1 is 1.30 bits per heavy atom. The maximum Gasteiger partial charge on any atom is 0.335 e. The Kier molecular flexibility index (Phi) is 2.41. The van der Waals surface area contributed by atoms with E-state index in [-0.39, 0.29) is 11.7 Å². The number of imidazole rings is 1. The molecule has 0 amide bonds. The molecule has 0 saturated heterocycles. The molecule has 2 N–H and O–H groups in total. The largest absolute Gasteiger partial charge is 0.478 e. The van der Waals surface area contributed by atoms with E-state index in [0.29, 0.717) is 12.0 Å². The second-order valence-corrected chi connectivity index (χ2v) is 5.90. The monoisotopic (exact) mass is 272 g/mol. The first-order valence-corrected chi connectivity index (χ1v) is 7.06. The Morgan fingerprint density at radius 2 is 2.05 bits per heavy atom. The van der Waals surface area contributed by atoms with Gasteiger partial charge in [0.15, 0.2) is 0 Å². The molecule has 5 nitrogen and oxygen atoms in total. The molecule has 20 heavy (non-hydrogen) atoms. The first-order chi connectivity index (χ1) is 9.63. The Hall–Kier alpha value is -1.88. The van der Waals surface area contributed by atoms with Crippen LogP contribution in [0.3, 0.4) is 0 Å². The smallest absolute Gasteiger partial charge is 0.335 e. The molecule has 2 aliphatic carbocycles. The minimum atomic E-state index is -0.923. The lowest BCUT2D eigenvalue weighted by atomic mass is 9.89. The molecular formula is C15H16N2O3. The van der Waals surface area contributed by atoms with Gasteiger partial charge in [0.1, 0.15) is 5.82 Å². The van der Waals surface area contributed by atoms with Crippen molar-refractivity contribution in [1.29, 1.82) is 0 Å². The highest BCUT2D eigenvalue weighted by Gasteiger charge is 2.36. The van der Waals surface area contributed by atoms with Crippen molar-refractivity contribution < 1.29 is 15.0 Å². The average Bonchev–Trinajstić information content (AvgIpc) is 3.16. The molecular weight excluding hydrogens is 256 g/mol. The highest BCUT2D eigenvalue weighted by molar-refractivity contribution is 5.92. The number of nitrogens with zero attached hydrogens (tertiary/aromatic N) is 2. The third-order valence-electron chi connectivity index (χ3n) is 4.36. The van der Waals surface area contributed by atoms with Crippen LogP contribution in [-0.2, 0) is 0 Å². The molecule has 2 fully saturated rings. The molecule has 0 radical (unpaired) electrons. The van der Waals surface area contributed by atoms with Gasteiger partial charge in [0, 0.05) is 12.0 Å². The van der Waals surface area contributed by atoms with Gasteiger partial charge in [0.2, 0.25) is 0 Å². The highest BCUT2D eigenvalue weighted by atomic mass is 16.4. The molecule has 0 bridgehead atoms. The van der Waals surface area contributed by atoms with Crippen molar-refractivity contribution in [1.82, 2.24) is 9.55 Å². The summed E-state index contributed by atoms with van der Waals surface area (Å²) in [4.78, 5) is 15.7. The summed E-state index contributed by atoms with van der Waals surface area (Å²) in [7, 11) is 0. The number of aliphatic hydroxyl groups excluding tert-OH is 1. The first kappa shape index (κ1) is 11.9. The molecule has 1 aromatic heterocycles. The number of aliphatic hydroxyl groups is 1. The van der Waals surface area contributed by atoms with Crippen molar-refractivity contribution >= 4 is 17.0 Å². The molecule has 0 atom stereocenters. The summed E-state index contributed by atoms with van der Waals surface area (Å²) < 4.78 is 2.23. The van der Waals surface area contributed by atoms with Crippen LogP contribution in [0.15, 0.2) is 18.2 Å². The minimum Gasteiger partial charge on any atom is -0.478 e. The molecule has 4 rings (SSSR count). The van der Waals surface area contributed by atoms with Crippen LogP contribution in [0.5, 0.6) is 0 Å². The van der Waals surface area contributed by atoms with E-state index in [0.717, 1.165) is 42.5 Å². The summed E-state index contributed by atoms with van der Waals surface area (Å²) in [6, 6.07) is 5.44. The number of benzene rings is 1. The van der Waals surface area contributed by atoms with E-state index in [9.17, 15) is 9.90 Å². The predicted octanol–water partition coefficient (Wildman–Crippen LogP) is 2.31. The molecule has 0 aliphatic heterocycles. The van der Waals surface area contributed by atoms with Crippen LogP contribution in [0.1, 0.15) is 53.8 Å². The first-order valence-electron chi connectivity index (χ1n) is 7.06. The Labute approximate surface area is 115 Å². The van der Waals surface area contributed by atoms with Gasteiger partial charge in [-0.3, -0.25) is 0 Å². The number of carboxylic acids is 1. The third-order valence-corrected chi connectivity index (χ3v) is 4.36. The van der Waals surface area contributed by atoms with Crippen molar-refractivity contribution in [2.45, 2.75) is 43.7 Å². The Morgan fingerprint density at radius 3 is 2.65 bits per heavy atom. The molecule has 5 heteroatoms. The third kappa shape index (κ3) is 1.73. The fraction of sp³-hybridized carbons (Fsp3) is 0.467. The van der Waals surface area contributed by atoms with E-state index in [2.05, 4.69) is 9.55 Å². The second-order valence-electron chi connectivity index (χ2n) is 5.90. The van der Waals surface area contributed by atoms with Crippen LogP contribution < -0.4 is 0 Å². The van der Waals surface area contributed by atoms with Crippen LogP contribution in [0.25, 0.3) is 11.0 Å². The summed E-state index contributed by atoms with van der Waals surface area (Å²) in [5, 5.41) is 18.6. The van der Waals surface area contributed by atoms with E-state index in [1.807, 2.05) is 6.07 Å². The van der Waals surface area contributed by atoms with Crippen LogP contribution in [0, 0.1) is 0 Å². The zero-order chi connectivity index (χ0) is 13.9. The van der Waals surface area contributed by atoms with E-state index >= 15 is 0 Å². The fourth-order valence-electron chi connectivity index (χ4n) is 3.03. The SMILES string of the molecule is O=C(O)c1ccc2c(c1)nc(C1CC1)n2C1CC(O)C1. The van der Waals surface area contributed by atoms with Crippen LogP contribution in [0.2, 0.25) is 0 Å². The van der Waals surface area contributed by atoms with Gasteiger partial charge in [-0.1, -0.05) is 0 Å². The topological polar surface area (TPSA) is 75.3 Å². The summed E-state index contributed by atoms with van der Waals surface area (Å²) in [5.41, 5.74) is 2.03. The van der Waals surface area contributed by atoms with E-state index in [1.54, 1.807) is 12.1 Å². The molecule has 2 aliphatic rings. The standard InChI is InChI=1S/C15H16N2O3/c18-11-6-10(7-11)17-13-4-3-9(15(19)20)5-12(13)16-14(17)8-1-2-8/h3-5,8,10-11,18H,1-2,6-7H2,(H,19,20). The second kappa shape index (κ2) is 4.06. The van der Waals surface area contributed by atoms with Gasteiger partial charge in [-0.25, -0.2) is 9.78 Å². The highest BCUT2D eigenvalue weighted by Crippen LogP contribution is 2.45. The number of carbonyl (C=O) groups is 1. The molecule has 0 spiro atoms. The van der Waals surface area contributed by atoms with E-state index in [1.165, 1.54) is 0 Å². The van der Waals surface area contributed by atoms with Gasteiger partial charge in [0.25, 0.3) is 0 Å². The normalized spacial score (nSPS) is 25.6. The zero-order valence-corrected chi connectivity index (χ0v) is 11.0. The quantitative estimate of drug-likeness (QED) is 0.899. The van der Waals surface area contributed by atoms with Crippen molar-refractivity contribution in [2.24, 2.45) is 0 Å². The van der Waals surface area contributed by atoms with Gasteiger partial charge in [0.05, 0.1) is 22.7 Å². The number of aromatic nitrogens is 2. The lowest BCUT2D eigenvalue weighted by Gasteiger charge is -2.34. The van der Waals surface area contributed by atoms with Crippen molar-refractivity contribution in [3.8, 4) is 0 Å². The van der Waals surface area contributed by atoms with Crippen molar-refractivity contribution in [2.75, 3.05) is 0 Å². The molecule has 104 valence electrons. The number of rotatable bonds is 3. The summed E-state index contributed by atoms with van der Waals surface area (Å²) >= 11 is 0. The predicted molar refractivity (Wildman–Crippen MR) is 72.9 cm³/mol. The van der Waals surface area contributed by atoms with Crippen LogP contribution in [0.4, 0.5) is 0 Å². The number of fused-ring (bicyclic) bond motifs is 1. The summed E-state index contributed by atoms with van der Waals surface area (Å²) in [6.45, 7) is 0. The number of hydrogen-bond donors (Lipinski definition) is 2. The van der Waals surface area contributed by atoms with Gasteiger partial charge in [-0.15, -0.1) is 0 Å². The van der Waals surface area contributed by atoms with Crippen molar-refractivity contribution in [3.05, 3.63) is 29.6 Å². The molecule has 1 aromatic carbocycles. The van der Waals surface area contributed by atoms with E-state index in [4.69, 9.17) is 5.11 Å². The number of carboxylic acid groups (broad SMARTS) is 1. The zero-order valence-electron chi connectivity index (χ0n) is 11.0. The molecule has 2 aromatic rings. The molecule has 0 unspecified atom stereocenters. The van der Waals surface area contributed by atoms with Crippen LogP contribution >= 0.6 is 0 Å². The van der Waals surface area contributed by atoms with Gasteiger partial charge >= 0.3 is 5.97 Å². The lowest BCUT2D eigenvalue weighted by molar-refractivity contribution is 0.0490. The maximum absolute atomic E-state index is 11.1. The van der Waals surface area contributed by atoms with E-state index < -0.39 is 5.97 Å². The molecule has 1 heterocycles. The summed E-state index contributed by atoms with van der Waals surface area (Å²) in [5.74, 6) is 0.654.